The Morgan fingerprint density at radius 1 is 1.43 bits per heavy atom. The summed E-state index contributed by atoms with van der Waals surface area (Å²) in [6.07, 6.45) is 0.831. The van der Waals surface area contributed by atoms with Crippen LogP contribution in [-0.4, -0.2) is 75.4 Å². The molecule has 1 saturated heterocycles. The summed E-state index contributed by atoms with van der Waals surface area (Å²) in [4.78, 5) is 24.6. The summed E-state index contributed by atoms with van der Waals surface area (Å²) in [6.45, 7) is -0.584. The predicted molar refractivity (Wildman–Crippen MR) is 73.9 cm³/mol. The second-order valence-electron chi connectivity index (χ2n) is 5.46. The fourth-order valence-electron chi connectivity index (χ4n) is 2.56. The molecule has 9 nitrogen and oxygen atoms in total. The van der Waals surface area contributed by atoms with E-state index in [-0.39, 0.29) is 19.4 Å². The van der Waals surface area contributed by atoms with Crippen LogP contribution in [0.4, 0.5) is 0 Å². The molecule has 0 aromatic rings. The second kappa shape index (κ2) is 7.18. The van der Waals surface area contributed by atoms with Crippen LogP contribution in [0.25, 0.3) is 0 Å². The van der Waals surface area contributed by atoms with Gasteiger partial charge in [-0.05, 0) is 12.7 Å². The van der Waals surface area contributed by atoms with E-state index in [0.717, 1.165) is 0 Å². The molecule has 1 fully saturated rings. The number of rotatable bonds is 7. The van der Waals surface area contributed by atoms with Crippen LogP contribution in [0.3, 0.4) is 0 Å². The molecule has 0 spiro atoms. The average Bonchev–Trinajstić information content (AvgIpc) is 2.75. The van der Waals surface area contributed by atoms with E-state index in [1.54, 1.807) is 0 Å². The van der Waals surface area contributed by atoms with Crippen LogP contribution >= 0.6 is 0 Å². The smallest absolute Gasteiger partial charge is 0.451 e. The van der Waals surface area contributed by atoms with Crippen molar-refractivity contribution >= 4 is 19.0 Å². The Labute approximate surface area is 122 Å². The summed E-state index contributed by atoms with van der Waals surface area (Å²) in [6, 6.07) is -1.10. The van der Waals surface area contributed by atoms with Crippen molar-refractivity contribution in [3.8, 4) is 0 Å². The zero-order valence-corrected chi connectivity index (χ0v) is 11.7. The standard InChI is InChI=1S/C11H22BN3O6/c13-8(5-16)9(17)15-4-7(2-1-3-12(20)21)11(14,6-15)10(18)19/h7-8,16,20-21H,1-6,13-14H2,(H,18,19)/t7-,8-,11-/m0/s1. The lowest BCUT2D eigenvalue weighted by atomic mass is 9.78. The van der Waals surface area contributed by atoms with Crippen LogP contribution in [0.1, 0.15) is 12.8 Å². The normalized spacial score (nSPS) is 26.7. The molecule has 1 aliphatic heterocycles. The molecule has 0 aromatic heterocycles. The Hall–Kier alpha value is -1.20. The Morgan fingerprint density at radius 2 is 2.05 bits per heavy atom. The second-order valence-corrected chi connectivity index (χ2v) is 5.46. The first kappa shape index (κ1) is 17.9. The first-order chi connectivity index (χ1) is 9.72. The van der Waals surface area contributed by atoms with Gasteiger partial charge in [-0.25, -0.2) is 0 Å². The molecule has 3 atom stereocenters. The lowest BCUT2D eigenvalue weighted by Crippen LogP contribution is -2.55. The van der Waals surface area contributed by atoms with E-state index in [1.165, 1.54) is 4.90 Å². The van der Waals surface area contributed by atoms with E-state index in [0.29, 0.717) is 12.8 Å². The summed E-state index contributed by atoms with van der Waals surface area (Å²) in [5.74, 6) is -2.27. The monoisotopic (exact) mass is 303 g/mol. The highest BCUT2D eigenvalue weighted by Gasteiger charge is 2.50. The van der Waals surface area contributed by atoms with E-state index in [9.17, 15) is 14.7 Å². The van der Waals surface area contributed by atoms with Crippen LogP contribution < -0.4 is 11.5 Å². The molecular weight excluding hydrogens is 281 g/mol. The van der Waals surface area contributed by atoms with E-state index in [4.69, 9.17) is 26.6 Å². The molecule has 1 amide bonds. The number of carbonyl (C=O) groups is 2. The highest BCUT2D eigenvalue weighted by Crippen LogP contribution is 2.30. The van der Waals surface area contributed by atoms with Gasteiger partial charge in [0.1, 0.15) is 11.6 Å². The quantitative estimate of drug-likeness (QED) is 0.267. The van der Waals surface area contributed by atoms with Crippen molar-refractivity contribution < 1.29 is 29.9 Å². The first-order valence-electron chi connectivity index (χ1n) is 6.76. The molecular formula is C11H22BN3O6. The molecule has 21 heavy (non-hydrogen) atoms. The molecule has 0 aliphatic carbocycles. The average molecular weight is 303 g/mol. The summed E-state index contributed by atoms with van der Waals surface area (Å²) in [7, 11) is -1.45. The lowest BCUT2D eigenvalue weighted by molar-refractivity contribution is -0.144. The van der Waals surface area contributed by atoms with Crippen LogP contribution in [-0.2, 0) is 9.59 Å². The lowest BCUT2D eigenvalue weighted by Gasteiger charge is -2.25. The third kappa shape index (κ3) is 4.14. The first-order valence-corrected chi connectivity index (χ1v) is 6.76. The SMILES string of the molecule is N[C@@H](CO)C(=O)N1C[C@H](CCCB(O)O)[C@](N)(C(=O)O)C1. The summed E-state index contributed by atoms with van der Waals surface area (Å²) in [5.41, 5.74) is 9.77. The minimum Gasteiger partial charge on any atom is -0.480 e. The summed E-state index contributed by atoms with van der Waals surface area (Å²) < 4.78 is 0. The number of aliphatic carboxylic acids is 1. The van der Waals surface area contributed by atoms with Gasteiger partial charge in [-0.1, -0.05) is 6.42 Å². The topological polar surface area (TPSA) is 170 Å². The van der Waals surface area contributed by atoms with E-state index < -0.39 is 43.1 Å². The molecule has 0 unspecified atom stereocenters. The number of amides is 1. The number of aliphatic hydroxyl groups excluding tert-OH is 1. The van der Waals surface area contributed by atoms with Gasteiger partial charge in [0.25, 0.3) is 0 Å². The van der Waals surface area contributed by atoms with E-state index >= 15 is 0 Å². The number of nitrogens with two attached hydrogens (primary N) is 2. The molecule has 0 bridgehead atoms. The minimum atomic E-state index is -1.59. The fourth-order valence-corrected chi connectivity index (χ4v) is 2.56. The Bertz CT molecular complexity index is 396. The zero-order chi connectivity index (χ0) is 16.2. The zero-order valence-electron chi connectivity index (χ0n) is 11.7. The van der Waals surface area contributed by atoms with Gasteiger partial charge in [0, 0.05) is 19.0 Å². The number of hydrogen-bond acceptors (Lipinski definition) is 7. The molecule has 1 heterocycles. The summed E-state index contributed by atoms with van der Waals surface area (Å²) >= 11 is 0. The number of carboxylic acids is 1. The van der Waals surface area contributed by atoms with Gasteiger partial charge in [0.2, 0.25) is 5.91 Å². The number of carbonyl (C=O) groups excluding carboxylic acids is 1. The minimum absolute atomic E-state index is 0.107. The number of hydrogen-bond donors (Lipinski definition) is 6. The molecule has 8 N–H and O–H groups in total. The van der Waals surface area contributed by atoms with E-state index in [2.05, 4.69) is 0 Å². The van der Waals surface area contributed by atoms with Crippen molar-refractivity contribution in [3.05, 3.63) is 0 Å². The van der Waals surface area contributed by atoms with Crippen LogP contribution in [0.5, 0.6) is 0 Å². The van der Waals surface area contributed by atoms with Crippen molar-refractivity contribution in [1.29, 1.82) is 0 Å². The summed E-state index contributed by atoms with van der Waals surface area (Å²) in [5, 5.41) is 35.8. The Balaban J connectivity index is 2.76. The highest BCUT2D eigenvalue weighted by atomic mass is 16.4. The van der Waals surface area contributed by atoms with Gasteiger partial charge in [-0.2, -0.15) is 0 Å². The van der Waals surface area contributed by atoms with Crippen molar-refractivity contribution in [2.75, 3.05) is 19.7 Å². The van der Waals surface area contributed by atoms with Crippen LogP contribution in [0.2, 0.25) is 6.32 Å². The van der Waals surface area contributed by atoms with Crippen LogP contribution in [0, 0.1) is 5.92 Å². The van der Waals surface area contributed by atoms with Crippen molar-refractivity contribution in [2.24, 2.45) is 17.4 Å². The van der Waals surface area contributed by atoms with Crippen LogP contribution in [0.15, 0.2) is 0 Å². The number of aliphatic hydroxyl groups is 1. The Morgan fingerprint density at radius 3 is 2.52 bits per heavy atom. The molecule has 10 heteroatoms. The molecule has 120 valence electrons. The molecule has 0 aromatic carbocycles. The fraction of sp³-hybridized carbons (Fsp3) is 0.818. The van der Waals surface area contributed by atoms with Crippen molar-refractivity contribution in [3.63, 3.8) is 0 Å². The number of nitrogens with zero attached hydrogens (tertiary/aromatic N) is 1. The third-order valence-electron chi connectivity index (χ3n) is 3.86. The van der Waals surface area contributed by atoms with Crippen molar-refractivity contribution in [1.82, 2.24) is 4.90 Å². The van der Waals surface area contributed by atoms with Gasteiger partial charge in [-0.3, -0.25) is 9.59 Å². The molecule has 0 saturated carbocycles. The maximum absolute atomic E-state index is 11.9. The number of carboxylic acid groups (broad SMARTS) is 1. The van der Waals surface area contributed by atoms with Gasteiger partial charge < -0.3 is 36.6 Å². The van der Waals surface area contributed by atoms with Crippen molar-refractivity contribution in [2.45, 2.75) is 30.7 Å². The van der Waals surface area contributed by atoms with Gasteiger partial charge >= 0.3 is 13.1 Å². The predicted octanol–water partition coefficient (Wildman–Crippen LogP) is -3.20. The molecule has 0 radical (unpaired) electrons. The molecule has 1 aliphatic rings. The maximum Gasteiger partial charge on any atom is 0.451 e. The molecule has 1 rings (SSSR count). The van der Waals surface area contributed by atoms with Gasteiger partial charge in [0.15, 0.2) is 0 Å². The van der Waals surface area contributed by atoms with Gasteiger partial charge in [-0.15, -0.1) is 0 Å². The van der Waals surface area contributed by atoms with E-state index in [1.807, 2.05) is 0 Å². The van der Waals surface area contributed by atoms with Gasteiger partial charge in [0.05, 0.1) is 6.61 Å². The number of likely N-dealkylation sites (tertiary alicyclic amines) is 1. The Kier molecular flexibility index (Phi) is 6.11. The third-order valence-corrected chi connectivity index (χ3v) is 3.86. The largest absolute Gasteiger partial charge is 0.480 e. The highest BCUT2D eigenvalue weighted by molar-refractivity contribution is 6.40. The maximum atomic E-state index is 11.9.